The van der Waals surface area contributed by atoms with Gasteiger partial charge in [-0.25, -0.2) is 0 Å². The highest BCUT2D eigenvalue weighted by Gasteiger charge is 2.56. The number of allylic oxidation sites excluding steroid dienone is 4. The number of benzene rings is 1. The van der Waals surface area contributed by atoms with Crippen molar-refractivity contribution in [1.29, 1.82) is 0 Å². The van der Waals surface area contributed by atoms with Crippen molar-refractivity contribution in [3.63, 3.8) is 0 Å². The minimum Gasteiger partial charge on any atom is -0.507 e. The quantitative estimate of drug-likeness (QED) is 0.278. The van der Waals surface area contributed by atoms with Gasteiger partial charge >= 0.3 is 0 Å². The molecule has 1 aromatic heterocycles. The van der Waals surface area contributed by atoms with Gasteiger partial charge in [0.25, 0.3) is 0 Å². The maximum absolute atomic E-state index is 13.8. The fourth-order valence-electron chi connectivity index (χ4n) is 4.49. The largest absolute Gasteiger partial charge is 0.507 e. The molecule has 0 saturated heterocycles. The monoisotopic (exact) mass is 497 g/mol. The molecule has 2 aliphatic rings. The van der Waals surface area contributed by atoms with Crippen molar-refractivity contribution < 1.29 is 38.6 Å². The fourth-order valence-corrected chi connectivity index (χ4v) is 4.49. The van der Waals surface area contributed by atoms with Gasteiger partial charge in [0.05, 0.1) is 17.7 Å². The third kappa shape index (κ3) is 3.85. The summed E-state index contributed by atoms with van der Waals surface area (Å²) in [5.41, 5.74) is -1.39. The van der Waals surface area contributed by atoms with Crippen LogP contribution >= 0.6 is 0 Å². The number of phenols is 2. The fraction of sp³-hybridized carbons (Fsp3) is 0.400. The van der Waals surface area contributed by atoms with Gasteiger partial charge in [0.2, 0.25) is 5.89 Å². The Morgan fingerprint density at radius 1 is 1.19 bits per heavy atom. The summed E-state index contributed by atoms with van der Waals surface area (Å²) in [6.07, 6.45) is 2.06. The van der Waals surface area contributed by atoms with E-state index < -0.39 is 28.5 Å². The van der Waals surface area contributed by atoms with Gasteiger partial charge in [-0.3, -0.25) is 14.4 Å². The van der Waals surface area contributed by atoms with Crippen molar-refractivity contribution in [2.24, 2.45) is 0 Å². The van der Waals surface area contributed by atoms with Gasteiger partial charge in [-0.1, -0.05) is 5.16 Å². The third-order valence-corrected chi connectivity index (χ3v) is 6.53. The molecule has 36 heavy (non-hydrogen) atoms. The molecule has 3 N–H and O–H groups in total. The number of aromatic hydroxyl groups is 2. The molecule has 2 aromatic rings. The minimum absolute atomic E-state index is 0.0127. The van der Waals surface area contributed by atoms with Gasteiger partial charge in [0, 0.05) is 43.8 Å². The van der Waals surface area contributed by atoms with Gasteiger partial charge in [-0.05, 0) is 27.7 Å². The van der Waals surface area contributed by atoms with Crippen LogP contribution in [0.2, 0.25) is 0 Å². The second-order valence-corrected chi connectivity index (χ2v) is 8.91. The topological polar surface area (TPSA) is 161 Å². The number of hydrogen-bond acceptors (Lipinski definition) is 11. The van der Waals surface area contributed by atoms with E-state index in [9.17, 15) is 24.6 Å². The molecule has 0 amide bonds. The van der Waals surface area contributed by atoms with Gasteiger partial charge in [0.15, 0.2) is 23.2 Å². The number of ketones is 3. The molecule has 1 aliphatic carbocycles. The zero-order valence-electron chi connectivity index (χ0n) is 20.6. The summed E-state index contributed by atoms with van der Waals surface area (Å²) in [6, 6.07) is 0. The van der Waals surface area contributed by atoms with E-state index in [1.165, 1.54) is 26.8 Å². The van der Waals surface area contributed by atoms with Crippen molar-refractivity contribution >= 4 is 17.3 Å². The van der Waals surface area contributed by atoms with Gasteiger partial charge in [-0.15, -0.1) is 0 Å². The van der Waals surface area contributed by atoms with Crippen LogP contribution in [0.3, 0.4) is 0 Å². The van der Waals surface area contributed by atoms with Gasteiger partial charge in [0.1, 0.15) is 34.0 Å². The number of ether oxygens (including phenoxy) is 2. The average Bonchev–Trinajstić information content (AvgIpc) is 3.38. The molecule has 0 bridgehead atoms. The van der Waals surface area contributed by atoms with E-state index in [0.29, 0.717) is 43.4 Å². The molecule has 2 heterocycles. The number of hydrogen-bond donors (Lipinski definition) is 3. The predicted octanol–water partition coefficient (Wildman–Crippen LogP) is 1.97. The maximum atomic E-state index is 13.8. The highest BCUT2D eigenvalue weighted by molar-refractivity contribution is 6.31. The molecule has 0 radical (unpaired) electrons. The number of phenolic OH excluding ortho intramolecular Hbond substituents is 2. The van der Waals surface area contributed by atoms with Crippen molar-refractivity contribution in [3.8, 4) is 17.2 Å². The van der Waals surface area contributed by atoms with Crippen LogP contribution in [-0.4, -0.2) is 58.0 Å². The van der Waals surface area contributed by atoms with E-state index in [4.69, 9.17) is 14.0 Å². The summed E-state index contributed by atoms with van der Waals surface area (Å²) < 4.78 is 15.9. The molecule has 1 unspecified atom stereocenters. The number of fused-ring (bicyclic) bond motifs is 3. The van der Waals surface area contributed by atoms with Crippen LogP contribution in [-0.2, 0) is 32.6 Å². The normalized spacial score (nSPS) is 20.0. The molecule has 4 rings (SSSR count). The first-order valence-corrected chi connectivity index (χ1v) is 11.4. The standard InChI is InChI=1S/C25H27N3O8/c1-11-21(31)19(13(3)29)23-20(22(11)32)25(4)15(35-23)10-14(30)18(24(25)33)12(2)26-8-6-17-27-16(28-36-17)7-9-34-5/h10,26,31-32H,6-9H2,1-5H3. The number of carbonyl (C=O) groups is 3. The summed E-state index contributed by atoms with van der Waals surface area (Å²) in [7, 11) is 1.58. The Kier molecular flexibility index (Phi) is 6.44. The van der Waals surface area contributed by atoms with E-state index in [1.807, 2.05) is 0 Å². The van der Waals surface area contributed by atoms with E-state index in [0.717, 1.165) is 0 Å². The van der Waals surface area contributed by atoms with Crippen LogP contribution < -0.4 is 10.1 Å². The van der Waals surface area contributed by atoms with Crippen LogP contribution in [0.1, 0.15) is 54.0 Å². The molecule has 11 heteroatoms. The summed E-state index contributed by atoms with van der Waals surface area (Å²) in [5.74, 6) is -1.68. The van der Waals surface area contributed by atoms with E-state index in [2.05, 4.69) is 15.5 Å². The number of nitrogens with zero attached hydrogens (tertiary/aromatic N) is 2. The molecule has 0 fully saturated rings. The summed E-state index contributed by atoms with van der Waals surface area (Å²) >= 11 is 0. The number of methoxy groups -OCH3 is 1. The predicted molar refractivity (Wildman–Crippen MR) is 125 cm³/mol. The molecular formula is C25H27N3O8. The van der Waals surface area contributed by atoms with Crippen molar-refractivity contribution in [2.45, 2.75) is 46.0 Å². The SMILES string of the molecule is COCCc1noc(CCNC(C)=C2C(=O)C=C3Oc4c(C(C)=O)c(O)c(C)c(O)c4C3(C)C2=O)n1. The Morgan fingerprint density at radius 3 is 2.58 bits per heavy atom. The molecule has 1 aliphatic heterocycles. The van der Waals surface area contributed by atoms with Crippen molar-refractivity contribution in [2.75, 3.05) is 20.3 Å². The molecular weight excluding hydrogens is 470 g/mol. The summed E-state index contributed by atoms with van der Waals surface area (Å²) in [6.45, 7) is 6.58. The number of aromatic nitrogens is 2. The first-order valence-electron chi connectivity index (χ1n) is 11.4. The number of rotatable bonds is 8. The van der Waals surface area contributed by atoms with E-state index in [-0.39, 0.29) is 39.5 Å². The van der Waals surface area contributed by atoms with Crippen molar-refractivity contribution in [3.05, 3.63) is 51.5 Å². The molecule has 11 nitrogen and oxygen atoms in total. The minimum atomic E-state index is -1.56. The molecule has 0 spiro atoms. The smallest absolute Gasteiger partial charge is 0.228 e. The van der Waals surface area contributed by atoms with Crippen molar-refractivity contribution in [1.82, 2.24) is 15.5 Å². The number of Topliss-reactive ketones (excluding diaryl/α,β-unsaturated/α-hetero) is 2. The molecule has 0 saturated carbocycles. The zero-order valence-corrected chi connectivity index (χ0v) is 20.6. The van der Waals surface area contributed by atoms with Crippen LogP contribution in [0, 0.1) is 6.92 Å². The summed E-state index contributed by atoms with van der Waals surface area (Å²) in [4.78, 5) is 43.2. The second kappa shape index (κ2) is 9.23. The lowest BCUT2D eigenvalue weighted by atomic mass is 9.70. The highest BCUT2D eigenvalue weighted by Crippen LogP contribution is 2.57. The molecule has 1 atom stereocenters. The highest BCUT2D eigenvalue weighted by atomic mass is 16.5. The first kappa shape index (κ1) is 25.1. The Labute approximate surface area is 206 Å². The van der Waals surface area contributed by atoms with E-state index >= 15 is 0 Å². The van der Waals surface area contributed by atoms with E-state index in [1.54, 1.807) is 14.0 Å². The second-order valence-electron chi connectivity index (χ2n) is 8.91. The zero-order chi connectivity index (χ0) is 26.4. The number of nitrogens with one attached hydrogen (secondary N) is 1. The lowest BCUT2D eigenvalue weighted by Gasteiger charge is -2.29. The van der Waals surface area contributed by atoms with Gasteiger partial charge < -0.3 is 29.5 Å². The lowest BCUT2D eigenvalue weighted by Crippen LogP contribution is -2.41. The van der Waals surface area contributed by atoms with Crippen LogP contribution in [0.25, 0.3) is 0 Å². The van der Waals surface area contributed by atoms with Crippen LogP contribution in [0.15, 0.2) is 27.6 Å². The molecule has 190 valence electrons. The third-order valence-electron chi connectivity index (χ3n) is 6.53. The Hall–Kier alpha value is -3.99. The Balaban J connectivity index is 1.64. The summed E-state index contributed by atoms with van der Waals surface area (Å²) in [5, 5.41) is 28.2. The van der Waals surface area contributed by atoms with Crippen LogP contribution in [0.4, 0.5) is 0 Å². The van der Waals surface area contributed by atoms with Crippen LogP contribution in [0.5, 0.6) is 17.2 Å². The average molecular weight is 498 g/mol. The van der Waals surface area contributed by atoms with Gasteiger partial charge in [-0.2, -0.15) is 4.98 Å². The Bertz CT molecular complexity index is 1350. The maximum Gasteiger partial charge on any atom is 0.228 e. The number of carbonyl (C=O) groups excluding carboxylic acids is 3. The lowest BCUT2D eigenvalue weighted by molar-refractivity contribution is -0.123. The first-order chi connectivity index (χ1) is 17.0. The molecule has 1 aromatic carbocycles. The Morgan fingerprint density at radius 2 is 1.92 bits per heavy atom.